The third-order valence-corrected chi connectivity index (χ3v) is 7.58. The summed E-state index contributed by atoms with van der Waals surface area (Å²) in [6.45, 7) is 4.30. The summed E-state index contributed by atoms with van der Waals surface area (Å²) in [7, 11) is 0. The first kappa shape index (κ1) is 24.9. The number of tetrazole rings is 1. The van der Waals surface area contributed by atoms with Crippen LogP contribution in [0.5, 0.6) is 0 Å². The van der Waals surface area contributed by atoms with Gasteiger partial charge in [0.15, 0.2) is 5.82 Å². The number of fused-ring (bicyclic) bond motifs is 1. The van der Waals surface area contributed by atoms with Crippen molar-refractivity contribution in [3.8, 4) is 6.07 Å². The van der Waals surface area contributed by atoms with Gasteiger partial charge in [0.2, 0.25) is 5.95 Å². The van der Waals surface area contributed by atoms with Crippen molar-refractivity contribution in [3.63, 3.8) is 0 Å². The van der Waals surface area contributed by atoms with Crippen LogP contribution in [0, 0.1) is 23.2 Å². The standard InChI is InChI=1S/C26H30N12O/c27-13-19-2-1-9-38(16-19)26-30-21-14-28-34-25(39)23(21)24(31-26)29-20-5-3-18(4-6-20)15-37-10-7-17(8-11-37)12-22-32-35-36-33-22/h3-6,14,17,19H,1-2,7-12,15-16H2,(H,34,39)(H,29,30,31)(H,32,33,35,36). The highest BCUT2D eigenvalue weighted by molar-refractivity contribution is 5.90. The summed E-state index contributed by atoms with van der Waals surface area (Å²) in [6, 6.07) is 10.6. The number of rotatable bonds is 7. The van der Waals surface area contributed by atoms with Gasteiger partial charge in [0.05, 0.1) is 18.2 Å². The zero-order valence-electron chi connectivity index (χ0n) is 21.5. The van der Waals surface area contributed by atoms with Gasteiger partial charge in [-0.3, -0.25) is 9.69 Å². The lowest BCUT2D eigenvalue weighted by molar-refractivity contribution is 0.176. The number of H-pyrrole nitrogens is 2. The van der Waals surface area contributed by atoms with E-state index in [4.69, 9.17) is 4.98 Å². The summed E-state index contributed by atoms with van der Waals surface area (Å²) >= 11 is 0. The van der Waals surface area contributed by atoms with Crippen LogP contribution < -0.4 is 15.8 Å². The normalized spacial score (nSPS) is 18.7. The molecule has 0 spiro atoms. The van der Waals surface area contributed by atoms with E-state index in [1.807, 2.05) is 17.0 Å². The van der Waals surface area contributed by atoms with E-state index in [0.29, 0.717) is 35.1 Å². The number of likely N-dealkylation sites (tertiary alicyclic amines) is 1. The van der Waals surface area contributed by atoms with Crippen molar-refractivity contribution in [2.75, 3.05) is 36.4 Å². The van der Waals surface area contributed by atoms with E-state index in [0.717, 1.165) is 69.8 Å². The van der Waals surface area contributed by atoms with E-state index in [2.05, 4.69) is 64.2 Å². The van der Waals surface area contributed by atoms with Crippen LogP contribution in [-0.4, -0.2) is 71.9 Å². The molecule has 4 aromatic rings. The Morgan fingerprint density at radius 3 is 2.72 bits per heavy atom. The molecule has 5 heterocycles. The number of aromatic nitrogens is 8. The van der Waals surface area contributed by atoms with Gasteiger partial charge >= 0.3 is 0 Å². The number of hydrogen-bond donors (Lipinski definition) is 3. The average Bonchev–Trinajstić information content (AvgIpc) is 3.48. The fraction of sp³-hybridized carbons (Fsp3) is 0.462. The first-order chi connectivity index (χ1) is 19.1. The molecule has 0 bridgehead atoms. The summed E-state index contributed by atoms with van der Waals surface area (Å²) in [4.78, 5) is 26.5. The largest absolute Gasteiger partial charge is 0.339 e. The number of aromatic amines is 2. The Kier molecular flexibility index (Phi) is 7.09. The fourth-order valence-corrected chi connectivity index (χ4v) is 5.45. The molecule has 6 rings (SSSR count). The predicted octanol–water partition coefficient (Wildman–Crippen LogP) is 2.16. The molecule has 13 heteroatoms. The third-order valence-electron chi connectivity index (χ3n) is 7.58. The molecule has 200 valence electrons. The van der Waals surface area contributed by atoms with Crippen LogP contribution in [0.25, 0.3) is 10.9 Å². The van der Waals surface area contributed by atoms with Gasteiger partial charge in [-0.25, -0.2) is 10.1 Å². The van der Waals surface area contributed by atoms with Gasteiger partial charge in [0.25, 0.3) is 5.56 Å². The molecule has 1 unspecified atom stereocenters. The van der Waals surface area contributed by atoms with Crippen LogP contribution in [0.2, 0.25) is 0 Å². The van der Waals surface area contributed by atoms with E-state index >= 15 is 0 Å². The predicted molar refractivity (Wildman–Crippen MR) is 144 cm³/mol. The number of hydrogen-bond acceptors (Lipinski definition) is 11. The summed E-state index contributed by atoms with van der Waals surface area (Å²) in [5.74, 6) is 2.24. The summed E-state index contributed by atoms with van der Waals surface area (Å²) in [6.07, 6.45) is 6.41. The van der Waals surface area contributed by atoms with Gasteiger partial charge in [-0.2, -0.15) is 20.6 Å². The van der Waals surface area contributed by atoms with Crippen molar-refractivity contribution in [1.82, 2.24) is 45.7 Å². The highest BCUT2D eigenvalue weighted by Crippen LogP contribution is 2.27. The maximum atomic E-state index is 12.7. The first-order valence-corrected chi connectivity index (χ1v) is 13.4. The van der Waals surface area contributed by atoms with Crippen LogP contribution in [0.4, 0.5) is 17.5 Å². The van der Waals surface area contributed by atoms with Gasteiger partial charge in [-0.1, -0.05) is 17.3 Å². The molecular weight excluding hydrogens is 496 g/mol. The third kappa shape index (κ3) is 5.70. The SMILES string of the molecule is N#CC1CCCN(c2nc(Nc3ccc(CN4CCC(Cc5nn[nH]n5)CC4)cc3)c3c(=O)[nH]ncc3n2)C1. The van der Waals surface area contributed by atoms with Crippen LogP contribution in [0.15, 0.2) is 35.3 Å². The minimum absolute atomic E-state index is 0.0597. The molecule has 3 N–H and O–H groups in total. The van der Waals surface area contributed by atoms with E-state index in [1.54, 1.807) is 0 Å². The van der Waals surface area contributed by atoms with E-state index < -0.39 is 0 Å². The molecule has 0 amide bonds. The van der Waals surface area contributed by atoms with Gasteiger partial charge < -0.3 is 10.2 Å². The molecule has 3 aromatic heterocycles. The maximum Gasteiger partial charge on any atom is 0.277 e. The minimum atomic E-state index is -0.352. The quantitative estimate of drug-likeness (QED) is 0.323. The van der Waals surface area contributed by atoms with Crippen molar-refractivity contribution < 1.29 is 0 Å². The molecule has 1 atom stereocenters. The van der Waals surface area contributed by atoms with Crippen molar-refractivity contribution in [1.29, 1.82) is 5.26 Å². The Morgan fingerprint density at radius 2 is 1.95 bits per heavy atom. The molecule has 13 nitrogen and oxygen atoms in total. The lowest BCUT2D eigenvalue weighted by atomic mass is 9.93. The molecule has 1 aromatic carbocycles. The Balaban J connectivity index is 1.14. The zero-order chi connectivity index (χ0) is 26.6. The van der Waals surface area contributed by atoms with Gasteiger partial charge in [0.1, 0.15) is 16.7 Å². The fourth-order valence-electron chi connectivity index (χ4n) is 5.45. The van der Waals surface area contributed by atoms with Crippen molar-refractivity contribution in [3.05, 3.63) is 52.2 Å². The number of anilines is 3. The highest BCUT2D eigenvalue weighted by atomic mass is 16.1. The topological polar surface area (TPSA) is 168 Å². The molecule has 2 saturated heterocycles. The molecular formula is C26H30N12O. The number of nitrogens with zero attached hydrogens (tertiary/aromatic N) is 9. The number of piperidine rings is 2. The number of benzene rings is 1. The van der Waals surface area contributed by atoms with Crippen LogP contribution in [-0.2, 0) is 13.0 Å². The maximum absolute atomic E-state index is 12.7. The van der Waals surface area contributed by atoms with Gasteiger partial charge in [0, 0.05) is 31.7 Å². The Hall–Kier alpha value is -4.44. The Bertz CT molecular complexity index is 1500. The lowest BCUT2D eigenvalue weighted by Gasteiger charge is -2.31. The highest BCUT2D eigenvalue weighted by Gasteiger charge is 2.24. The molecule has 2 aliphatic heterocycles. The Morgan fingerprint density at radius 1 is 1.10 bits per heavy atom. The average molecular weight is 527 g/mol. The molecule has 0 aliphatic carbocycles. The van der Waals surface area contributed by atoms with Crippen LogP contribution in [0.3, 0.4) is 0 Å². The second-order valence-corrected chi connectivity index (χ2v) is 10.3. The van der Waals surface area contributed by atoms with E-state index in [9.17, 15) is 10.1 Å². The smallest absolute Gasteiger partial charge is 0.277 e. The minimum Gasteiger partial charge on any atom is -0.339 e. The van der Waals surface area contributed by atoms with E-state index in [-0.39, 0.29) is 11.5 Å². The molecule has 0 radical (unpaired) electrons. The first-order valence-electron chi connectivity index (χ1n) is 13.4. The molecule has 2 aliphatic rings. The van der Waals surface area contributed by atoms with Crippen molar-refractivity contribution in [2.24, 2.45) is 11.8 Å². The molecule has 2 fully saturated rings. The summed E-state index contributed by atoms with van der Waals surface area (Å²) in [5.41, 5.74) is 2.16. The summed E-state index contributed by atoms with van der Waals surface area (Å²) < 4.78 is 0. The zero-order valence-corrected chi connectivity index (χ0v) is 21.5. The van der Waals surface area contributed by atoms with Crippen molar-refractivity contribution in [2.45, 2.75) is 38.6 Å². The second kappa shape index (κ2) is 11.1. The van der Waals surface area contributed by atoms with Gasteiger partial charge in [-0.15, -0.1) is 10.2 Å². The van der Waals surface area contributed by atoms with E-state index in [1.165, 1.54) is 11.8 Å². The summed E-state index contributed by atoms with van der Waals surface area (Å²) in [5, 5.41) is 33.8. The van der Waals surface area contributed by atoms with Crippen LogP contribution in [0.1, 0.15) is 37.1 Å². The second-order valence-electron chi connectivity index (χ2n) is 10.3. The molecule has 0 saturated carbocycles. The molecule has 39 heavy (non-hydrogen) atoms. The van der Waals surface area contributed by atoms with Crippen molar-refractivity contribution >= 4 is 28.4 Å². The number of nitriles is 1. The monoisotopic (exact) mass is 526 g/mol. The van der Waals surface area contributed by atoms with Crippen LogP contribution >= 0.6 is 0 Å². The number of nitrogens with one attached hydrogen (secondary N) is 3. The lowest BCUT2D eigenvalue weighted by Crippen LogP contribution is -2.36. The van der Waals surface area contributed by atoms with Gasteiger partial charge in [-0.05, 0) is 62.4 Å². The Labute approximate surface area is 224 Å².